The molecule has 1 rings (SSSR count). The molecule has 0 spiro atoms. The summed E-state index contributed by atoms with van der Waals surface area (Å²) in [7, 11) is 0. The zero-order valence-corrected chi connectivity index (χ0v) is 8.02. The van der Waals surface area contributed by atoms with Crippen molar-refractivity contribution in [3.8, 4) is 5.75 Å². The third-order valence-corrected chi connectivity index (χ3v) is 1.58. The second-order valence-electron chi connectivity index (χ2n) is 3.36. The van der Waals surface area contributed by atoms with Crippen molar-refractivity contribution in [1.82, 2.24) is 4.98 Å². The number of nitrogens with two attached hydrogens (primary N) is 1. The number of carbonyl (C=O) groups excluding carboxylic acids is 1. The predicted molar refractivity (Wildman–Crippen MR) is 49.7 cm³/mol. The van der Waals surface area contributed by atoms with Crippen LogP contribution in [0.25, 0.3) is 0 Å². The van der Waals surface area contributed by atoms with Gasteiger partial charge in [-0.1, -0.05) is 0 Å². The van der Waals surface area contributed by atoms with Crippen LogP contribution in [0.3, 0.4) is 0 Å². The highest BCUT2D eigenvalue weighted by Crippen LogP contribution is 2.21. The number of primary amides is 1. The number of pyridine rings is 1. The molecule has 1 aromatic heterocycles. The van der Waals surface area contributed by atoms with Gasteiger partial charge >= 0.3 is 6.09 Å². The maximum Gasteiger partial charge on any atom is 0.409 e. The number of nitrogens with zero attached hydrogens (tertiary/aromatic N) is 1. The molecule has 0 bridgehead atoms. The van der Waals surface area contributed by atoms with Gasteiger partial charge in [0.1, 0.15) is 11.4 Å². The summed E-state index contributed by atoms with van der Waals surface area (Å²) in [4.78, 5) is 14.4. The van der Waals surface area contributed by atoms with Crippen LogP contribution in [0.5, 0.6) is 5.75 Å². The van der Waals surface area contributed by atoms with Crippen molar-refractivity contribution in [1.29, 1.82) is 0 Å². The molecule has 0 fully saturated rings. The minimum Gasteiger partial charge on any atom is -0.410 e. The Kier molecular flexibility index (Phi) is 2.71. The van der Waals surface area contributed by atoms with Gasteiger partial charge < -0.3 is 15.6 Å². The van der Waals surface area contributed by atoms with Crippen molar-refractivity contribution >= 4 is 6.09 Å². The number of aromatic nitrogens is 1. The summed E-state index contributed by atoms with van der Waals surface area (Å²) >= 11 is 0. The molecule has 5 nitrogen and oxygen atoms in total. The van der Waals surface area contributed by atoms with Gasteiger partial charge in [-0.15, -0.1) is 0 Å². The summed E-state index contributed by atoms with van der Waals surface area (Å²) in [6.07, 6.45) is 0.545. The number of ether oxygens (including phenoxy) is 1. The van der Waals surface area contributed by atoms with Crippen molar-refractivity contribution in [2.24, 2.45) is 5.73 Å². The fraction of sp³-hybridized carbons (Fsp3) is 0.333. The third-order valence-electron chi connectivity index (χ3n) is 1.58. The Balaban J connectivity index is 2.95. The Bertz CT molecular complexity index is 344. The molecule has 1 aromatic rings. The normalized spacial score (nSPS) is 11.1. The SMILES string of the molecule is CC(C)(O)c1cc(OC(N)=O)ccn1. The summed E-state index contributed by atoms with van der Waals surface area (Å²) in [5.41, 5.74) is 4.18. The Morgan fingerprint density at radius 3 is 2.79 bits per heavy atom. The minimum atomic E-state index is -1.07. The first kappa shape index (κ1) is 10.5. The number of carbonyl (C=O) groups is 1. The van der Waals surface area contributed by atoms with E-state index in [0.717, 1.165) is 0 Å². The lowest BCUT2D eigenvalue weighted by atomic mass is 10.1. The fourth-order valence-corrected chi connectivity index (χ4v) is 0.925. The van der Waals surface area contributed by atoms with Crippen molar-refractivity contribution in [2.45, 2.75) is 19.4 Å². The van der Waals surface area contributed by atoms with Crippen LogP contribution in [0, 0.1) is 0 Å². The summed E-state index contributed by atoms with van der Waals surface area (Å²) < 4.78 is 4.64. The molecule has 1 amide bonds. The third kappa shape index (κ3) is 2.70. The second-order valence-corrected chi connectivity index (χ2v) is 3.36. The van der Waals surface area contributed by atoms with Gasteiger partial charge in [-0.3, -0.25) is 4.98 Å². The Labute approximate surface area is 81.5 Å². The van der Waals surface area contributed by atoms with E-state index in [9.17, 15) is 9.90 Å². The molecule has 3 N–H and O–H groups in total. The molecule has 14 heavy (non-hydrogen) atoms. The zero-order chi connectivity index (χ0) is 10.8. The monoisotopic (exact) mass is 196 g/mol. The summed E-state index contributed by atoms with van der Waals surface area (Å²) in [5.74, 6) is 0.268. The second kappa shape index (κ2) is 3.63. The summed E-state index contributed by atoms with van der Waals surface area (Å²) in [5, 5.41) is 9.61. The first-order valence-corrected chi connectivity index (χ1v) is 4.06. The quantitative estimate of drug-likeness (QED) is 0.731. The molecular weight excluding hydrogens is 184 g/mol. The summed E-state index contributed by atoms with van der Waals surface area (Å²) in [6, 6.07) is 2.95. The number of hydrogen-bond donors (Lipinski definition) is 2. The number of hydrogen-bond acceptors (Lipinski definition) is 4. The highest BCUT2D eigenvalue weighted by molar-refractivity contribution is 5.67. The first-order chi connectivity index (χ1) is 6.39. The molecule has 0 aliphatic carbocycles. The van der Waals surface area contributed by atoms with E-state index in [2.05, 4.69) is 9.72 Å². The average Bonchev–Trinajstić information content (AvgIpc) is 2.01. The lowest BCUT2D eigenvalue weighted by molar-refractivity contribution is 0.0735. The topological polar surface area (TPSA) is 85.4 Å². The standard InChI is InChI=1S/C9H12N2O3/c1-9(2,13)7-5-6(3-4-11-7)14-8(10)12/h3-5,13H,1-2H3,(H2,10,12). The van der Waals surface area contributed by atoms with E-state index in [1.54, 1.807) is 13.8 Å². The smallest absolute Gasteiger partial charge is 0.409 e. The van der Waals surface area contributed by atoms with Gasteiger partial charge in [0.2, 0.25) is 0 Å². The molecule has 0 aliphatic rings. The Hall–Kier alpha value is -1.62. The average molecular weight is 196 g/mol. The zero-order valence-electron chi connectivity index (χ0n) is 8.02. The Morgan fingerprint density at radius 1 is 1.64 bits per heavy atom. The molecule has 0 unspecified atom stereocenters. The molecular formula is C9H12N2O3. The van der Waals surface area contributed by atoms with Crippen LogP contribution in [-0.4, -0.2) is 16.2 Å². The Morgan fingerprint density at radius 2 is 2.29 bits per heavy atom. The molecule has 1 heterocycles. The van der Waals surface area contributed by atoms with Gasteiger partial charge in [0, 0.05) is 12.3 Å². The highest BCUT2D eigenvalue weighted by Gasteiger charge is 2.18. The molecule has 5 heteroatoms. The van der Waals surface area contributed by atoms with Gasteiger partial charge in [0.05, 0.1) is 5.69 Å². The lowest BCUT2D eigenvalue weighted by Gasteiger charge is -2.16. The van der Waals surface area contributed by atoms with Crippen LogP contribution in [-0.2, 0) is 5.60 Å². The maximum atomic E-state index is 10.4. The molecule has 0 radical (unpaired) electrons. The van der Waals surface area contributed by atoms with E-state index < -0.39 is 11.7 Å². The van der Waals surface area contributed by atoms with E-state index in [0.29, 0.717) is 5.69 Å². The van der Waals surface area contributed by atoms with Crippen LogP contribution in [0.1, 0.15) is 19.5 Å². The summed E-state index contributed by atoms with van der Waals surface area (Å²) in [6.45, 7) is 3.17. The molecule has 76 valence electrons. The van der Waals surface area contributed by atoms with Gasteiger partial charge in [0.25, 0.3) is 0 Å². The van der Waals surface area contributed by atoms with Crippen LogP contribution in [0.4, 0.5) is 4.79 Å². The van der Waals surface area contributed by atoms with Gasteiger partial charge in [0.15, 0.2) is 0 Å². The number of amides is 1. The van der Waals surface area contributed by atoms with Crippen LogP contribution >= 0.6 is 0 Å². The van der Waals surface area contributed by atoms with E-state index in [1.807, 2.05) is 0 Å². The van der Waals surface area contributed by atoms with E-state index in [-0.39, 0.29) is 5.75 Å². The van der Waals surface area contributed by atoms with Gasteiger partial charge in [-0.05, 0) is 19.9 Å². The molecule has 0 atom stereocenters. The van der Waals surface area contributed by atoms with Crippen molar-refractivity contribution in [3.63, 3.8) is 0 Å². The largest absolute Gasteiger partial charge is 0.410 e. The van der Waals surface area contributed by atoms with Gasteiger partial charge in [-0.25, -0.2) is 4.79 Å². The van der Waals surface area contributed by atoms with Crippen LogP contribution in [0.15, 0.2) is 18.3 Å². The molecule has 0 aromatic carbocycles. The number of rotatable bonds is 2. The predicted octanol–water partition coefficient (Wildman–Crippen LogP) is 0.766. The van der Waals surface area contributed by atoms with Crippen LogP contribution < -0.4 is 10.5 Å². The van der Waals surface area contributed by atoms with Crippen molar-refractivity contribution in [3.05, 3.63) is 24.0 Å². The minimum absolute atomic E-state index is 0.268. The number of aliphatic hydroxyl groups is 1. The van der Waals surface area contributed by atoms with Crippen molar-refractivity contribution < 1.29 is 14.6 Å². The van der Waals surface area contributed by atoms with Crippen LogP contribution in [0.2, 0.25) is 0 Å². The highest BCUT2D eigenvalue weighted by atomic mass is 16.5. The van der Waals surface area contributed by atoms with E-state index >= 15 is 0 Å². The first-order valence-electron chi connectivity index (χ1n) is 4.06. The lowest BCUT2D eigenvalue weighted by Crippen LogP contribution is -2.19. The van der Waals surface area contributed by atoms with Crippen molar-refractivity contribution in [2.75, 3.05) is 0 Å². The van der Waals surface area contributed by atoms with E-state index in [4.69, 9.17) is 5.73 Å². The molecule has 0 aliphatic heterocycles. The molecule has 0 saturated carbocycles. The van der Waals surface area contributed by atoms with E-state index in [1.165, 1.54) is 18.3 Å². The fourth-order valence-electron chi connectivity index (χ4n) is 0.925. The maximum absolute atomic E-state index is 10.4. The molecule has 0 saturated heterocycles. The van der Waals surface area contributed by atoms with Gasteiger partial charge in [-0.2, -0.15) is 0 Å².